The summed E-state index contributed by atoms with van der Waals surface area (Å²) >= 11 is 6.85. The fourth-order valence-electron chi connectivity index (χ4n) is 20.1. The maximum absolute atomic E-state index is 4.71. The summed E-state index contributed by atoms with van der Waals surface area (Å²) in [6.07, 6.45) is 17.3. The number of hydrogen-bond donors (Lipinski definition) is 0. The molecule has 709 valence electrons. The summed E-state index contributed by atoms with van der Waals surface area (Å²) in [5.41, 5.74) is 38.2. The molecule has 0 saturated heterocycles. The van der Waals surface area contributed by atoms with E-state index in [-0.39, 0.29) is 68.3 Å². The Hall–Kier alpha value is -16.1. The van der Waals surface area contributed by atoms with Crippen LogP contribution in [-0.2, 0) is 82.4 Å². The molecule has 28 aromatic rings. The minimum atomic E-state index is 0. The van der Waals surface area contributed by atoms with Gasteiger partial charge in [0.05, 0.1) is 61.2 Å². The van der Waals surface area contributed by atoms with E-state index in [0.29, 0.717) is 0 Å². The van der Waals surface area contributed by atoms with Crippen LogP contribution in [0, 0.1) is 48.5 Å². The first-order chi connectivity index (χ1) is 71.6. The van der Waals surface area contributed by atoms with E-state index in [1.165, 1.54) is 29.8 Å². The number of benzene rings is 14. The zero-order chi connectivity index (χ0) is 96.3. The molecule has 14 aromatic carbocycles. The van der Waals surface area contributed by atoms with E-state index in [1.54, 1.807) is 45.8 Å². The van der Waals surface area contributed by atoms with Crippen LogP contribution in [0.3, 0.4) is 0 Å². The molecule has 0 spiro atoms. The van der Waals surface area contributed by atoms with Crippen LogP contribution < -0.4 is 24.3 Å². The molecule has 0 amide bonds. The molecular weight excluding hydrogens is 2080 g/mol. The largest absolute Gasteiger partial charge is 3.00 e. The van der Waals surface area contributed by atoms with Crippen molar-refractivity contribution in [2.75, 3.05) is 21.7 Å². The molecule has 3 radical (unpaired) electrons. The Labute approximate surface area is 915 Å². The van der Waals surface area contributed by atoms with Crippen molar-refractivity contribution in [2.45, 2.75) is 9.79 Å². The predicted molar refractivity (Wildman–Crippen MR) is 589 cm³/mol. The standard InChI is InChI=1S/C33H24N6S.C32H19N5.C30H18N4S.C28H15N3S2.4Mn/c1-36-18-25(32-33(36)37(2)19-34-32)22-14-15-27-29(17-22)39(28-12-5-4-11-26(28)38(27)3)23-9-6-8-21(16-23)24-10-7-13-30-31(24)35-20-40-30;1-3-12-29-23(7-1)21-34-37(29)26-14-15-28-27-11-2-4-13-30(27)36(31(28)20-26)25-10-5-9-24(19-25)35-18-16-22-8-6-17-33-32(22)35;1-2-12-28-26(11-1)34(24-9-5-7-22(19-24)25-10-3-4-16-31-25)27-20-23(13-14-29(27)35-28)33-18-15-21-8-6-17-32-30(21)33;1-2-10-25-21(8-1)22-12-11-19(24-9-3-4-13-29-24)15-26(22)31(25)20-7-5-6-18(14-20)23-16-32-28-27(23)30-17-33-28;;;;/h4-15,18-20H,1-3H3;1-18,21H;1-18H;1-13,16-17H;;;;/q4*-2;3*+2;+3. The summed E-state index contributed by atoms with van der Waals surface area (Å²) < 4.78 is 17.2. The number of para-hydroxylation sites is 7. The van der Waals surface area contributed by atoms with Gasteiger partial charge in [0.25, 0.3) is 0 Å². The third-order valence-electron chi connectivity index (χ3n) is 26.7. The van der Waals surface area contributed by atoms with E-state index >= 15 is 0 Å². The van der Waals surface area contributed by atoms with Crippen LogP contribution in [-0.4, -0.2) is 69.6 Å². The quantitative estimate of drug-likeness (QED) is 0.0651. The van der Waals surface area contributed by atoms with Crippen LogP contribution in [0.1, 0.15) is 0 Å². The minimum Gasteiger partial charge on any atom is -0.381 e. The molecule has 0 saturated carbocycles. The SMILES string of the molecule is CN1c2ccc(-c3cn(C)c4c3[n-]c[n+]4C)[c-]c2N(c2[c-]c(-c3cccc4scnc34)ccc2)c2ccccc21.[Mn+2].[Mn+2].[Mn+2].[Mn+3].[c-]1c(-c2ccccn2)cccc1N1c2[c-]c(-n3ccc4cccnc43)ccc2Sc2ccccc21.[c-]1c(-c2csc3scnc23)cccc1-n1c2[c-]c(-c3ccccn3)ccc2c2ccccc21.[c-]1c(-n2ccc3cccnc32)cccc1-n1c2[c-]c(-n3ncc4ccccc43)ccc2c2ccccc21. The monoisotopic (exact) mass is 2150 g/mol. The third-order valence-corrected chi connectivity index (χ3v) is 30.6. The Kier molecular flexibility index (Phi) is 26.3. The van der Waals surface area contributed by atoms with Crippen molar-refractivity contribution >= 4 is 199 Å². The fraction of sp³-hybridized carbons (Fsp3) is 0.0244. The van der Waals surface area contributed by atoms with Crippen LogP contribution in [0.25, 0.3) is 192 Å². The van der Waals surface area contributed by atoms with Gasteiger partial charge in [-0.15, -0.1) is 219 Å². The van der Waals surface area contributed by atoms with Crippen molar-refractivity contribution in [2.24, 2.45) is 14.1 Å². The van der Waals surface area contributed by atoms with Crippen molar-refractivity contribution < 1.29 is 72.8 Å². The Morgan fingerprint density at radius 2 is 0.893 bits per heavy atom. The second kappa shape index (κ2) is 40.6. The normalized spacial score (nSPS) is 11.8. The number of anilines is 8. The first-order valence-corrected chi connectivity index (χ1v) is 50.7. The fourth-order valence-corrected chi connectivity index (χ4v) is 23.6. The number of hydrogen-bond acceptors (Lipinski definition) is 14. The van der Waals surface area contributed by atoms with Crippen molar-refractivity contribution in [3.63, 3.8) is 0 Å². The molecule has 0 aliphatic carbocycles. The van der Waals surface area contributed by atoms with Gasteiger partial charge < -0.3 is 52.1 Å². The van der Waals surface area contributed by atoms with Gasteiger partial charge in [-0.25, -0.2) is 15.0 Å². The summed E-state index contributed by atoms with van der Waals surface area (Å²) in [6, 6.07) is 144. The number of rotatable bonds is 12. The van der Waals surface area contributed by atoms with E-state index in [0.717, 1.165) is 217 Å². The molecule has 14 aromatic heterocycles. The zero-order valence-electron chi connectivity index (χ0n) is 79.4. The Morgan fingerprint density at radius 1 is 0.349 bits per heavy atom. The van der Waals surface area contributed by atoms with Crippen molar-refractivity contribution in [3.05, 3.63) is 454 Å². The topological polar surface area (TPSA) is 148 Å². The van der Waals surface area contributed by atoms with Crippen molar-refractivity contribution in [1.82, 2.24) is 67.5 Å². The maximum Gasteiger partial charge on any atom is 3.00 e. The van der Waals surface area contributed by atoms with Gasteiger partial charge in [-0.3, -0.25) is 14.6 Å². The average molecular weight is 2150 g/mol. The number of aromatic nitrogens is 15. The Morgan fingerprint density at radius 3 is 1.62 bits per heavy atom. The summed E-state index contributed by atoms with van der Waals surface area (Å²) in [7, 11) is 6.20. The Balaban J connectivity index is 0.000000108. The molecule has 30 rings (SSSR count). The number of pyridine rings is 4. The van der Waals surface area contributed by atoms with Gasteiger partial charge >= 0.3 is 68.3 Å². The van der Waals surface area contributed by atoms with Gasteiger partial charge in [-0.1, -0.05) is 170 Å². The number of imidazole rings is 1. The van der Waals surface area contributed by atoms with Gasteiger partial charge in [-0.05, 0) is 170 Å². The smallest absolute Gasteiger partial charge is 0.381 e. The molecule has 2 aliphatic heterocycles. The van der Waals surface area contributed by atoms with E-state index in [4.69, 9.17) is 4.98 Å². The average Bonchev–Trinajstić information content (AvgIpc) is 1.45. The molecule has 16 heterocycles. The summed E-state index contributed by atoms with van der Waals surface area (Å²) in [6.45, 7) is 0. The van der Waals surface area contributed by atoms with Crippen LogP contribution in [0.2, 0.25) is 0 Å². The summed E-state index contributed by atoms with van der Waals surface area (Å²) in [5, 5.41) is 14.8. The number of thiophene rings is 1. The first-order valence-electron chi connectivity index (χ1n) is 47.2. The molecule has 0 N–H and O–H groups in total. The molecular formula is C123H76Mn4N18S4+. The van der Waals surface area contributed by atoms with E-state index in [9.17, 15) is 0 Å². The molecule has 0 atom stereocenters. The van der Waals surface area contributed by atoms with Crippen LogP contribution in [0.15, 0.2) is 416 Å². The minimum absolute atomic E-state index is 0. The van der Waals surface area contributed by atoms with E-state index in [1.807, 2.05) is 127 Å². The Bertz CT molecular complexity index is 9920. The summed E-state index contributed by atoms with van der Waals surface area (Å²) in [4.78, 5) is 41.3. The van der Waals surface area contributed by atoms with Gasteiger partial charge in [-0.2, -0.15) is 35.1 Å². The molecule has 18 nitrogen and oxygen atoms in total. The van der Waals surface area contributed by atoms with Gasteiger partial charge in [0.1, 0.15) is 16.9 Å². The first kappa shape index (κ1) is 96.4. The number of nitrogens with zero attached hydrogens (tertiary/aromatic N) is 18. The molecule has 26 heteroatoms. The predicted octanol–water partition coefficient (Wildman–Crippen LogP) is 29.5. The molecule has 149 heavy (non-hydrogen) atoms. The molecule has 2 aliphatic rings. The number of thiazole rings is 2. The van der Waals surface area contributed by atoms with E-state index < -0.39 is 0 Å². The number of fused-ring (bicyclic) bond motifs is 16. The van der Waals surface area contributed by atoms with E-state index in [2.05, 4.69) is 430 Å². The second-order valence-corrected chi connectivity index (χ2v) is 39.2. The van der Waals surface area contributed by atoms with Gasteiger partial charge in [0.15, 0.2) is 0 Å². The molecule has 0 unspecified atom stereocenters. The van der Waals surface area contributed by atoms with Crippen LogP contribution in [0.5, 0.6) is 0 Å². The van der Waals surface area contributed by atoms with Gasteiger partial charge in [0.2, 0.25) is 0 Å². The van der Waals surface area contributed by atoms with Gasteiger partial charge in [0, 0.05) is 101 Å². The van der Waals surface area contributed by atoms with Crippen LogP contribution in [0.4, 0.5) is 45.5 Å². The molecule has 0 fully saturated rings. The summed E-state index contributed by atoms with van der Waals surface area (Å²) in [5.74, 6) is 0. The molecule has 0 bridgehead atoms. The number of aryl methyl sites for hydroxylation is 2. The second-order valence-electron chi connectivity index (χ2n) is 35.2. The van der Waals surface area contributed by atoms with Crippen LogP contribution >= 0.6 is 45.8 Å². The van der Waals surface area contributed by atoms with Crippen molar-refractivity contribution in [1.29, 1.82) is 0 Å². The maximum atomic E-state index is 4.71. The third kappa shape index (κ3) is 17.2. The van der Waals surface area contributed by atoms with Crippen molar-refractivity contribution in [3.8, 4) is 84.3 Å². The zero-order valence-corrected chi connectivity index (χ0v) is 87.4.